The Morgan fingerprint density at radius 3 is 2.68 bits per heavy atom. The predicted molar refractivity (Wildman–Crippen MR) is 127 cm³/mol. The molecule has 6 heteroatoms. The average molecular weight is 419 g/mol. The summed E-state index contributed by atoms with van der Waals surface area (Å²) in [6, 6.07) is 15.4. The number of fused-ring (bicyclic) bond motifs is 1. The van der Waals surface area contributed by atoms with Crippen LogP contribution in [0.15, 0.2) is 59.9 Å². The molecule has 3 aromatic rings. The number of aryl methyl sites for hydroxylation is 1. The molecular formula is C25H34N6. The number of rotatable bonds is 7. The van der Waals surface area contributed by atoms with Crippen molar-refractivity contribution in [2.24, 2.45) is 4.99 Å². The van der Waals surface area contributed by atoms with E-state index in [2.05, 4.69) is 88.6 Å². The normalized spacial score (nSPS) is 16.0. The number of hydrogen-bond donors (Lipinski definition) is 2. The third-order valence-corrected chi connectivity index (χ3v) is 5.89. The van der Waals surface area contributed by atoms with E-state index < -0.39 is 0 Å². The van der Waals surface area contributed by atoms with E-state index in [0.717, 1.165) is 69.3 Å². The number of nitrogens with zero attached hydrogens (tertiary/aromatic N) is 4. The lowest BCUT2D eigenvalue weighted by molar-refractivity contribution is 0.198. The molecule has 4 rings (SSSR count). The number of aliphatic imine (C=N–C) groups is 1. The second-order valence-electron chi connectivity index (χ2n) is 8.35. The molecule has 6 nitrogen and oxygen atoms in total. The van der Waals surface area contributed by atoms with Crippen LogP contribution in [0.1, 0.15) is 36.6 Å². The summed E-state index contributed by atoms with van der Waals surface area (Å²) in [4.78, 5) is 12.1. The van der Waals surface area contributed by atoms with Crippen molar-refractivity contribution in [3.05, 3.63) is 71.7 Å². The number of guanidine groups is 1. The first-order chi connectivity index (χ1) is 15.2. The van der Waals surface area contributed by atoms with Gasteiger partial charge >= 0.3 is 0 Å². The minimum absolute atomic E-state index is 0.475. The average Bonchev–Trinajstić information content (AvgIpc) is 3.20. The van der Waals surface area contributed by atoms with Crippen LogP contribution in [0.3, 0.4) is 0 Å². The SMILES string of the molecule is CCNC(=NCCc1cn2cccc(C)c2n1)NC1CCN(Cc2ccccc2)CC1. The van der Waals surface area contributed by atoms with Crippen LogP contribution in [-0.2, 0) is 13.0 Å². The molecule has 1 fully saturated rings. The van der Waals surface area contributed by atoms with Crippen molar-refractivity contribution in [3.63, 3.8) is 0 Å². The van der Waals surface area contributed by atoms with E-state index in [9.17, 15) is 0 Å². The summed E-state index contributed by atoms with van der Waals surface area (Å²) in [6.45, 7) is 9.09. The molecule has 0 atom stereocenters. The van der Waals surface area contributed by atoms with Crippen molar-refractivity contribution in [1.82, 2.24) is 24.9 Å². The molecule has 1 saturated heterocycles. The van der Waals surface area contributed by atoms with E-state index >= 15 is 0 Å². The fourth-order valence-electron chi connectivity index (χ4n) is 4.20. The molecule has 0 unspecified atom stereocenters. The van der Waals surface area contributed by atoms with E-state index in [0.29, 0.717) is 6.04 Å². The minimum atomic E-state index is 0.475. The van der Waals surface area contributed by atoms with E-state index in [1.165, 1.54) is 11.1 Å². The van der Waals surface area contributed by atoms with Crippen molar-refractivity contribution in [2.45, 2.75) is 45.7 Å². The highest BCUT2D eigenvalue weighted by Gasteiger charge is 2.20. The molecule has 0 radical (unpaired) electrons. The fourth-order valence-corrected chi connectivity index (χ4v) is 4.20. The molecule has 1 aliphatic heterocycles. The zero-order valence-corrected chi connectivity index (χ0v) is 18.7. The maximum absolute atomic E-state index is 4.81. The van der Waals surface area contributed by atoms with Crippen molar-refractivity contribution >= 4 is 11.6 Å². The number of hydrogen-bond acceptors (Lipinski definition) is 3. The van der Waals surface area contributed by atoms with Crippen LogP contribution >= 0.6 is 0 Å². The van der Waals surface area contributed by atoms with Crippen LogP contribution in [-0.4, -0.2) is 52.5 Å². The van der Waals surface area contributed by atoms with Crippen LogP contribution < -0.4 is 10.6 Å². The summed E-state index contributed by atoms with van der Waals surface area (Å²) < 4.78 is 2.10. The first-order valence-electron chi connectivity index (χ1n) is 11.5. The Morgan fingerprint density at radius 2 is 1.94 bits per heavy atom. The first kappa shape index (κ1) is 21.4. The van der Waals surface area contributed by atoms with Gasteiger partial charge in [-0.15, -0.1) is 0 Å². The molecule has 3 heterocycles. The Balaban J connectivity index is 1.27. The fraction of sp³-hybridized carbons (Fsp3) is 0.440. The van der Waals surface area contributed by atoms with Crippen molar-refractivity contribution in [3.8, 4) is 0 Å². The molecule has 164 valence electrons. The maximum Gasteiger partial charge on any atom is 0.191 e. The van der Waals surface area contributed by atoms with Gasteiger partial charge in [0.2, 0.25) is 0 Å². The van der Waals surface area contributed by atoms with Gasteiger partial charge in [-0.3, -0.25) is 9.89 Å². The molecule has 0 saturated carbocycles. The quantitative estimate of drug-likeness (QED) is 0.456. The van der Waals surface area contributed by atoms with Gasteiger partial charge in [-0.05, 0) is 43.9 Å². The lowest BCUT2D eigenvalue weighted by Gasteiger charge is -2.33. The molecule has 31 heavy (non-hydrogen) atoms. The van der Waals surface area contributed by atoms with Crippen LogP contribution in [0.25, 0.3) is 5.65 Å². The Morgan fingerprint density at radius 1 is 1.13 bits per heavy atom. The smallest absolute Gasteiger partial charge is 0.191 e. The highest BCUT2D eigenvalue weighted by atomic mass is 15.2. The maximum atomic E-state index is 4.81. The van der Waals surface area contributed by atoms with Crippen LogP contribution in [0, 0.1) is 6.92 Å². The summed E-state index contributed by atoms with van der Waals surface area (Å²) in [5, 5.41) is 7.05. The number of benzene rings is 1. The highest BCUT2D eigenvalue weighted by Crippen LogP contribution is 2.14. The third kappa shape index (κ3) is 5.85. The van der Waals surface area contributed by atoms with Gasteiger partial charge in [-0.2, -0.15) is 0 Å². The summed E-state index contributed by atoms with van der Waals surface area (Å²) in [7, 11) is 0. The predicted octanol–water partition coefficient (Wildman–Crippen LogP) is 3.40. The lowest BCUT2D eigenvalue weighted by atomic mass is 10.0. The number of imidazole rings is 1. The Hall–Kier alpha value is -2.86. The Bertz CT molecular complexity index is 986. The molecule has 2 aromatic heterocycles. The standard InChI is InChI=1S/C25H34N6/c1-3-26-25(27-14-11-23-19-31-15-7-8-20(2)24(31)28-23)29-22-12-16-30(17-13-22)18-21-9-5-4-6-10-21/h4-10,15,19,22H,3,11-14,16-18H2,1-2H3,(H2,26,27,29). The topological polar surface area (TPSA) is 57.0 Å². The second kappa shape index (κ2) is 10.4. The zero-order valence-electron chi connectivity index (χ0n) is 18.7. The number of likely N-dealkylation sites (tertiary alicyclic amines) is 1. The molecule has 1 aliphatic rings. The Labute approximate surface area is 185 Å². The van der Waals surface area contributed by atoms with Crippen molar-refractivity contribution in [2.75, 3.05) is 26.2 Å². The summed E-state index contributed by atoms with van der Waals surface area (Å²) in [5.74, 6) is 0.920. The van der Waals surface area contributed by atoms with Gasteiger partial charge in [0.15, 0.2) is 5.96 Å². The van der Waals surface area contributed by atoms with E-state index in [1.54, 1.807) is 0 Å². The molecule has 0 spiro atoms. The van der Waals surface area contributed by atoms with E-state index in [4.69, 9.17) is 9.98 Å². The van der Waals surface area contributed by atoms with Crippen LogP contribution in [0.2, 0.25) is 0 Å². The van der Waals surface area contributed by atoms with Gasteiger partial charge < -0.3 is 15.0 Å². The monoisotopic (exact) mass is 418 g/mol. The molecule has 0 bridgehead atoms. The van der Waals surface area contributed by atoms with Gasteiger partial charge in [0.25, 0.3) is 0 Å². The number of piperidine rings is 1. The largest absolute Gasteiger partial charge is 0.357 e. The van der Waals surface area contributed by atoms with Crippen molar-refractivity contribution in [1.29, 1.82) is 0 Å². The van der Waals surface area contributed by atoms with Gasteiger partial charge in [-0.1, -0.05) is 36.4 Å². The van der Waals surface area contributed by atoms with Gasteiger partial charge in [0.05, 0.1) is 5.69 Å². The highest BCUT2D eigenvalue weighted by molar-refractivity contribution is 5.80. The van der Waals surface area contributed by atoms with Gasteiger partial charge in [0.1, 0.15) is 5.65 Å². The van der Waals surface area contributed by atoms with E-state index in [-0.39, 0.29) is 0 Å². The lowest BCUT2D eigenvalue weighted by Crippen LogP contribution is -2.48. The summed E-state index contributed by atoms with van der Waals surface area (Å²) in [5.41, 5.74) is 4.72. The second-order valence-corrected chi connectivity index (χ2v) is 8.35. The molecule has 0 aliphatic carbocycles. The zero-order chi connectivity index (χ0) is 21.5. The summed E-state index contributed by atoms with van der Waals surface area (Å²) >= 11 is 0. The number of nitrogens with one attached hydrogen (secondary N) is 2. The molecule has 2 N–H and O–H groups in total. The van der Waals surface area contributed by atoms with E-state index in [1.807, 2.05) is 0 Å². The molecular weight excluding hydrogens is 384 g/mol. The third-order valence-electron chi connectivity index (χ3n) is 5.89. The van der Waals surface area contributed by atoms with Gasteiger partial charge in [0, 0.05) is 57.6 Å². The Kier molecular flexibility index (Phi) is 7.20. The minimum Gasteiger partial charge on any atom is -0.357 e. The molecule has 1 aromatic carbocycles. The van der Waals surface area contributed by atoms with Gasteiger partial charge in [-0.25, -0.2) is 4.98 Å². The van der Waals surface area contributed by atoms with Crippen LogP contribution in [0.4, 0.5) is 0 Å². The van der Waals surface area contributed by atoms with Crippen molar-refractivity contribution < 1.29 is 0 Å². The molecule has 0 amide bonds. The summed E-state index contributed by atoms with van der Waals surface area (Å²) in [6.07, 6.45) is 7.29. The van der Waals surface area contributed by atoms with Crippen LogP contribution in [0.5, 0.6) is 0 Å². The number of aromatic nitrogens is 2. The first-order valence-corrected chi connectivity index (χ1v) is 11.5. The number of pyridine rings is 1.